The van der Waals surface area contributed by atoms with Crippen molar-refractivity contribution in [3.8, 4) is 0 Å². The standard InChI is InChI=1S/C13H23N3O/c1-9-4-5-12(8-10(9)2)14-7-6-13-15-11(3)17-16-13/h9-10,12,14H,4-8H2,1-3H3. The Hall–Kier alpha value is -0.900. The zero-order valence-electron chi connectivity index (χ0n) is 11.1. The first-order valence-corrected chi connectivity index (χ1v) is 6.67. The molecule has 1 fully saturated rings. The van der Waals surface area contributed by atoms with Crippen molar-refractivity contribution in [2.24, 2.45) is 11.8 Å². The molecule has 3 unspecified atom stereocenters. The molecule has 4 nitrogen and oxygen atoms in total. The summed E-state index contributed by atoms with van der Waals surface area (Å²) in [5.41, 5.74) is 0. The van der Waals surface area contributed by atoms with E-state index in [1.165, 1.54) is 19.3 Å². The highest BCUT2D eigenvalue weighted by Crippen LogP contribution is 2.29. The average Bonchev–Trinajstić information content (AvgIpc) is 2.70. The first-order chi connectivity index (χ1) is 8.15. The second-order valence-corrected chi connectivity index (χ2v) is 5.40. The van der Waals surface area contributed by atoms with Crippen LogP contribution in [0.15, 0.2) is 4.52 Å². The molecule has 3 atom stereocenters. The molecule has 0 aromatic carbocycles. The Bertz CT molecular complexity index is 350. The van der Waals surface area contributed by atoms with Gasteiger partial charge >= 0.3 is 0 Å². The predicted octanol–water partition coefficient (Wildman–Crippen LogP) is 2.33. The van der Waals surface area contributed by atoms with Crippen LogP contribution in [0, 0.1) is 18.8 Å². The fraction of sp³-hybridized carbons (Fsp3) is 0.846. The number of hydrogen-bond acceptors (Lipinski definition) is 4. The van der Waals surface area contributed by atoms with E-state index in [0.717, 1.165) is 30.6 Å². The van der Waals surface area contributed by atoms with Gasteiger partial charge in [0, 0.05) is 25.9 Å². The summed E-state index contributed by atoms with van der Waals surface area (Å²) in [4.78, 5) is 4.20. The van der Waals surface area contributed by atoms with E-state index in [1.54, 1.807) is 0 Å². The van der Waals surface area contributed by atoms with Gasteiger partial charge in [-0.1, -0.05) is 19.0 Å². The van der Waals surface area contributed by atoms with Gasteiger partial charge in [0.2, 0.25) is 5.89 Å². The lowest BCUT2D eigenvalue weighted by molar-refractivity contribution is 0.227. The van der Waals surface area contributed by atoms with Crippen LogP contribution < -0.4 is 5.32 Å². The van der Waals surface area contributed by atoms with E-state index >= 15 is 0 Å². The first kappa shape index (κ1) is 12.6. The van der Waals surface area contributed by atoms with Gasteiger partial charge in [-0.2, -0.15) is 4.98 Å². The van der Waals surface area contributed by atoms with Crippen LogP contribution in [0.25, 0.3) is 0 Å². The highest BCUT2D eigenvalue weighted by molar-refractivity contribution is 4.86. The van der Waals surface area contributed by atoms with Crippen LogP contribution in [0.3, 0.4) is 0 Å². The first-order valence-electron chi connectivity index (χ1n) is 6.67. The van der Waals surface area contributed by atoms with Crippen molar-refractivity contribution < 1.29 is 4.52 Å². The minimum absolute atomic E-state index is 0.653. The van der Waals surface area contributed by atoms with Gasteiger partial charge in [-0.05, 0) is 31.1 Å². The molecule has 1 aromatic heterocycles. The van der Waals surface area contributed by atoms with E-state index < -0.39 is 0 Å². The highest BCUT2D eigenvalue weighted by atomic mass is 16.5. The fourth-order valence-corrected chi connectivity index (χ4v) is 2.56. The number of aryl methyl sites for hydroxylation is 1. The number of rotatable bonds is 4. The number of hydrogen-bond donors (Lipinski definition) is 1. The molecule has 1 aromatic rings. The van der Waals surface area contributed by atoms with Crippen molar-refractivity contribution in [2.75, 3.05) is 6.54 Å². The minimum atomic E-state index is 0.653. The average molecular weight is 237 g/mol. The zero-order valence-corrected chi connectivity index (χ0v) is 11.1. The van der Waals surface area contributed by atoms with Gasteiger partial charge in [0.25, 0.3) is 0 Å². The van der Waals surface area contributed by atoms with Crippen LogP contribution in [0.4, 0.5) is 0 Å². The van der Waals surface area contributed by atoms with Crippen molar-refractivity contribution in [3.05, 3.63) is 11.7 Å². The maximum atomic E-state index is 4.95. The lowest BCUT2D eigenvalue weighted by atomic mass is 9.79. The number of aromatic nitrogens is 2. The third-order valence-corrected chi connectivity index (χ3v) is 3.95. The summed E-state index contributed by atoms with van der Waals surface area (Å²) in [6.45, 7) is 7.50. The Morgan fingerprint density at radius 3 is 2.76 bits per heavy atom. The lowest BCUT2D eigenvalue weighted by Gasteiger charge is -2.32. The summed E-state index contributed by atoms with van der Waals surface area (Å²) in [6, 6.07) is 0.675. The molecule has 0 saturated heterocycles. The molecule has 0 aliphatic heterocycles. The normalized spacial score (nSPS) is 29.5. The van der Waals surface area contributed by atoms with Crippen LogP contribution in [0.1, 0.15) is 44.8 Å². The lowest BCUT2D eigenvalue weighted by Crippen LogP contribution is -2.37. The van der Waals surface area contributed by atoms with Gasteiger partial charge in [-0.3, -0.25) is 0 Å². The molecule has 0 bridgehead atoms. The molecule has 96 valence electrons. The molecule has 17 heavy (non-hydrogen) atoms. The van der Waals surface area contributed by atoms with Gasteiger partial charge in [0.15, 0.2) is 5.82 Å². The summed E-state index contributed by atoms with van der Waals surface area (Å²) >= 11 is 0. The zero-order chi connectivity index (χ0) is 12.3. The fourth-order valence-electron chi connectivity index (χ4n) is 2.56. The van der Waals surface area contributed by atoms with Crippen LogP contribution >= 0.6 is 0 Å². The molecule has 1 aliphatic rings. The SMILES string of the molecule is Cc1nc(CCNC2CCC(C)C(C)C2)no1. The molecule has 2 rings (SSSR count). The molecule has 0 spiro atoms. The van der Waals surface area contributed by atoms with Crippen molar-refractivity contribution in [1.82, 2.24) is 15.5 Å². The largest absolute Gasteiger partial charge is 0.340 e. The van der Waals surface area contributed by atoms with Crippen LogP contribution in [-0.2, 0) is 6.42 Å². The quantitative estimate of drug-likeness (QED) is 0.873. The summed E-state index contributed by atoms with van der Waals surface area (Å²) in [5, 5.41) is 7.51. The van der Waals surface area contributed by atoms with E-state index in [2.05, 4.69) is 29.3 Å². The van der Waals surface area contributed by atoms with Crippen LogP contribution in [-0.4, -0.2) is 22.7 Å². The monoisotopic (exact) mass is 237 g/mol. The maximum absolute atomic E-state index is 4.95. The maximum Gasteiger partial charge on any atom is 0.223 e. The summed E-state index contributed by atoms with van der Waals surface area (Å²) in [7, 11) is 0. The third kappa shape index (κ3) is 3.53. The molecule has 1 saturated carbocycles. The molecule has 1 N–H and O–H groups in total. The summed E-state index contributed by atoms with van der Waals surface area (Å²) < 4.78 is 4.95. The Balaban J connectivity index is 1.69. The Labute approximate surface area is 103 Å². The molecule has 0 amide bonds. The summed E-state index contributed by atoms with van der Waals surface area (Å²) in [5.74, 6) is 3.19. The Kier molecular flexibility index (Phi) is 4.15. The van der Waals surface area contributed by atoms with Gasteiger partial charge in [0.05, 0.1) is 0 Å². The number of nitrogens with zero attached hydrogens (tertiary/aromatic N) is 2. The van der Waals surface area contributed by atoms with Crippen LogP contribution in [0.2, 0.25) is 0 Å². The van der Waals surface area contributed by atoms with E-state index in [1.807, 2.05) is 6.92 Å². The van der Waals surface area contributed by atoms with Gasteiger partial charge in [-0.25, -0.2) is 0 Å². The van der Waals surface area contributed by atoms with E-state index in [9.17, 15) is 0 Å². The molecule has 4 heteroatoms. The van der Waals surface area contributed by atoms with Gasteiger partial charge < -0.3 is 9.84 Å². The van der Waals surface area contributed by atoms with Crippen LogP contribution in [0.5, 0.6) is 0 Å². The number of nitrogens with one attached hydrogen (secondary N) is 1. The Morgan fingerprint density at radius 1 is 1.29 bits per heavy atom. The highest BCUT2D eigenvalue weighted by Gasteiger charge is 2.23. The second kappa shape index (κ2) is 5.63. The van der Waals surface area contributed by atoms with Crippen molar-refractivity contribution >= 4 is 0 Å². The summed E-state index contributed by atoms with van der Waals surface area (Å²) in [6.07, 6.45) is 4.81. The van der Waals surface area contributed by atoms with E-state index in [-0.39, 0.29) is 0 Å². The minimum Gasteiger partial charge on any atom is -0.340 e. The van der Waals surface area contributed by atoms with E-state index in [0.29, 0.717) is 11.9 Å². The van der Waals surface area contributed by atoms with Crippen molar-refractivity contribution in [2.45, 2.75) is 52.5 Å². The second-order valence-electron chi connectivity index (χ2n) is 5.40. The Morgan fingerprint density at radius 2 is 2.12 bits per heavy atom. The molecular weight excluding hydrogens is 214 g/mol. The van der Waals surface area contributed by atoms with Gasteiger partial charge in [-0.15, -0.1) is 0 Å². The third-order valence-electron chi connectivity index (χ3n) is 3.95. The van der Waals surface area contributed by atoms with E-state index in [4.69, 9.17) is 4.52 Å². The molecule has 1 aliphatic carbocycles. The molecule has 0 radical (unpaired) electrons. The smallest absolute Gasteiger partial charge is 0.223 e. The van der Waals surface area contributed by atoms with Crippen molar-refractivity contribution in [3.63, 3.8) is 0 Å². The topological polar surface area (TPSA) is 51.0 Å². The van der Waals surface area contributed by atoms with Crippen molar-refractivity contribution in [1.29, 1.82) is 0 Å². The van der Waals surface area contributed by atoms with Gasteiger partial charge in [0.1, 0.15) is 0 Å². The molecule has 1 heterocycles. The predicted molar refractivity (Wildman–Crippen MR) is 66.7 cm³/mol. The molecular formula is C13H23N3O.